The standard InChI is InChI=1S/C34H26ClF6N9O4S/c1-48-27-22(6-5-20(35)25(27)31(46-48)47-55(2,53)54)50-32(44-30-17(33(50)52)4-3-7-42-30)21(10-14-8-15(36)11-16(37)9-14)43-23(51)13-49-28-24(26(45-49)29(38)39)18-12-19(18)34(28,40)41/h3-9,11,18-19,21,29H,10,12-13H2,1-2H3,(H,43,51)(H,46,47)/t18-,19+,21-/m0/s1. The lowest BCUT2D eigenvalue weighted by Gasteiger charge is -2.24. The van der Waals surface area contributed by atoms with Crippen LogP contribution in [0.15, 0.2) is 53.5 Å². The van der Waals surface area contributed by atoms with Crippen LogP contribution in [0.5, 0.6) is 0 Å². The van der Waals surface area contributed by atoms with E-state index in [1.54, 1.807) is 0 Å². The van der Waals surface area contributed by atoms with Crippen LogP contribution in [0, 0.1) is 17.6 Å². The molecule has 4 heterocycles. The molecule has 0 spiro atoms. The van der Waals surface area contributed by atoms with Gasteiger partial charge in [0, 0.05) is 37.2 Å². The summed E-state index contributed by atoms with van der Waals surface area (Å²) in [5, 5.41) is 10.6. The van der Waals surface area contributed by atoms with E-state index in [9.17, 15) is 35.6 Å². The van der Waals surface area contributed by atoms with Gasteiger partial charge in [-0.1, -0.05) is 11.6 Å². The second-order valence-electron chi connectivity index (χ2n) is 13.4. The highest BCUT2D eigenvalue weighted by atomic mass is 35.5. The summed E-state index contributed by atoms with van der Waals surface area (Å²) in [5.74, 6) is -8.99. The Labute approximate surface area is 311 Å². The minimum atomic E-state index is -3.88. The molecule has 55 heavy (non-hydrogen) atoms. The van der Waals surface area contributed by atoms with Crippen molar-refractivity contribution in [1.82, 2.24) is 39.4 Å². The molecule has 1 saturated carbocycles. The number of amides is 1. The molecule has 21 heteroatoms. The summed E-state index contributed by atoms with van der Waals surface area (Å²) in [5.41, 5.74) is -2.68. The summed E-state index contributed by atoms with van der Waals surface area (Å²) in [6.07, 6.45) is -1.40. The number of anilines is 1. The van der Waals surface area contributed by atoms with Gasteiger partial charge in [0.15, 0.2) is 11.5 Å². The van der Waals surface area contributed by atoms with E-state index < -0.39 is 87.7 Å². The zero-order valence-corrected chi connectivity index (χ0v) is 29.9. The zero-order valence-electron chi connectivity index (χ0n) is 28.4. The molecule has 6 aromatic rings. The minimum absolute atomic E-state index is 0.00349. The summed E-state index contributed by atoms with van der Waals surface area (Å²) in [4.78, 5) is 37.1. The molecule has 2 aliphatic rings. The van der Waals surface area contributed by atoms with E-state index in [0.717, 1.165) is 23.0 Å². The Kier molecular flexibility index (Phi) is 8.48. The molecule has 0 unspecified atom stereocenters. The van der Waals surface area contributed by atoms with Crippen molar-refractivity contribution in [2.24, 2.45) is 13.0 Å². The van der Waals surface area contributed by atoms with Crippen molar-refractivity contribution >= 4 is 55.3 Å². The smallest absolute Gasteiger partial charge is 0.293 e. The zero-order chi connectivity index (χ0) is 39.3. The van der Waals surface area contributed by atoms with E-state index in [2.05, 4.69) is 30.2 Å². The number of nitrogens with one attached hydrogen (secondary N) is 2. The van der Waals surface area contributed by atoms with Crippen LogP contribution in [-0.4, -0.2) is 54.7 Å². The van der Waals surface area contributed by atoms with Crippen molar-refractivity contribution in [2.75, 3.05) is 11.0 Å². The van der Waals surface area contributed by atoms with Crippen molar-refractivity contribution in [3.05, 3.63) is 104 Å². The van der Waals surface area contributed by atoms with E-state index in [0.29, 0.717) is 10.7 Å². The maximum atomic E-state index is 15.3. The van der Waals surface area contributed by atoms with Crippen LogP contribution >= 0.6 is 11.6 Å². The molecule has 0 saturated heterocycles. The van der Waals surface area contributed by atoms with Crippen molar-refractivity contribution in [3.63, 3.8) is 0 Å². The number of sulfonamides is 1. The number of aryl methyl sites for hydroxylation is 1. The maximum absolute atomic E-state index is 15.3. The SMILES string of the molecule is Cn1nc(NS(C)(=O)=O)c2c(Cl)ccc(-n3c([C@H](Cc4cc(F)cc(F)c4)NC(=O)Cn4nc(C(F)F)c5c4C(F)(F)[C@@H]4C[C@H]54)nc4ncccc4c3=O)c21. The van der Waals surface area contributed by atoms with Crippen LogP contribution in [-0.2, 0) is 40.8 Å². The van der Waals surface area contributed by atoms with Gasteiger partial charge >= 0.3 is 0 Å². The largest absolute Gasteiger partial charge is 0.344 e. The first kappa shape index (κ1) is 36.5. The predicted octanol–water partition coefficient (Wildman–Crippen LogP) is 5.41. The fourth-order valence-corrected chi connectivity index (χ4v) is 8.15. The fourth-order valence-electron chi connectivity index (χ4n) is 7.41. The molecule has 0 aliphatic heterocycles. The van der Waals surface area contributed by atoms with Gasteiger partial charge in [0.2, 0.25) is 15.9 Å². The number of fused-ring (bicyclic) bond motifs is 5. The second-order valence-corrected chi connectivity index (χ2v) is 15.6. The maximum Gasteiger partial charge on any atom is 0.293 e. The first-order chi connectivity index (χ1) is 25.9. The molecule has 2 N–H and O–H groups in total. The molecule has 0 radical (unpaired) electrons. The Hall–Kier alpha value is -5.50. The molecule has 1 amide bonds. The molecular weight excluding hydrogens is 780 g/mol. The highest BCUT2D eigenvalue weighted by Crippen LogP contribution is 2.68. The van der Waals surface area contributed by atoms with Crippen molar-refractivity contribution in [3.8, 4) is 5.69 Å². The molecule has 4 aromatic heterocycles. The Bertz CT molecular complexity index is 2750. The average molecular weight is 806 g/mol. The third-order valence-electron chi connectivity index (χ3n) is 9.58. The van der Waals surface area contributed by atoms with Crippen LogP contribution in [0.1, 0.15) is 53.1 Å². The first-order valence-electron chi connectivity index (χ1n) is 16.4. The highest BCUT2D eigenvalue weighted by molar-refractivity contribution is 7.92. The number of nitrogens with zero attached hydrogens (tertiary/aromatic N) is 7. The number of carbonyl (C=O) groups is 1. The van der Waals surface area contributed by atoms with Crippen LogP contribution in [0.3, 0.4) is 0 Å². The quantitative estimate of drug-likeness (QED) is 0.174. The average Bonchev–Trinajstić information content (AvgIpc) is 3.63. The lowest BCUT2D eigenvalue weighted by molar-refractivity contribution is -0.123. The number of aromatic nitrogens is 7. The van der Waals surface area contributed by atoms with Gasteiger partial charge in [-0.15, -0.1) is 0 Å². The first-order valence-corrected chi connectivity index (χ1v) is 18.7. The minimum Gasteiger partial charge on any atom is -0.344 e. The Balaban J connectivity index is 1.31. The molecule has 2 aliphatic carbocycles. The van der Waals surface area contributed by atoms with Gasteiger partial charge in [0.1, 0.15) is 35.4 Å². The molecular formula is C34H26ClF6N9O4S. The predicted molar refractivity (Wildman–Crippen MR) is 186 cm³/mol. The van der Waals surface area contributed by atoms with Gasteiger partial charge < -0.3 is 5.32 Å². The number of carbonyl (C=O) groups excluding carboxylic acids is 1. The third-order valence-corrected chi connectivity index (χ3v) is 10.5. The summed E-state index contributed by atoms with van der Waals surface area (Å²) in [6, 6.07) is 6.71. The van der Waals surface area contributed by atoms with Crippen molar-refractivity contribution in [2.45, 2.75) is 43.7 Å². The number of halogens is 7. The molecule has 1 fully saturated rings. The summed E-state index contributed by atoms with van der Waals surface area (Å²) in [7, 11) is -2.44. The van der Waals surface area contributed by atoms with Gasteiger partial charge in [-0.2, -0.15) is 19.0 Å². The van der Waals surface area contributed by atoms with E-state index >= 15 is 8.78 Å². The molecule has 3 atom stereocenters. The van der Waals surface area contributed by atoms with Crippen LogP contribution in [0.2, 0.25) is 5.02 Å². The fraction of sp³-hybridized carbons (Fsp3) is 0.294. The van der Waals surface area contributed by atoms with Crippen LogP contribution in [0.4, 0.5) is 32.2 Å². The van der Waals surface area contributed by atoms with Crippen LogP contribution in [0.25, 0.3) is 27.6 Å². The van der Waals surface area contributed by atoms with E-state index in [4.69, 9.17) is 11.6 Å². The van der Waals surface area contributed by atoms with Gasteiger partial charge in [-0.3, -0.25) is 28.2 Å². The molecule has 8 rings (SSSR count). The summed E-state index contributed by atoms with van der Waals surface area (Å²) >= 11 is 6.54. The topological polar surface area (TPSA) is 159 Å². The number of benzene rings is 2. The van der Waals surface area contributed by atoms with E-state index in [1.807, 2.05) is 0 Å². The number of pyridine rings is 1. The van der Waals surface area contributed by atoms with Gasteiger partial charge in [0.05, 0.1) is 39.3 Å². The Morgan fingerprint density at radius 2 is 1.84 bits per heavy atom. The number of rotatable bonds is 10. The second kappa shape index (κ2) is 12.8. The molecule has 13 nitrogen and oxygen atoms in total. The summed E-state index contributed by atoms with van der Waals surface area (Å²) in [6.45, 7) is -0.971. The Morgan fingerprint density at radius 1 is 1.11 bits per heavy atom. The number of hydrogen-bond donors (Lipinski definition) is 2. The van der Waals surface area contributed by atoms with Crippen molar-refractivity contribution < 1.29 is 39.6 Å². The van der Waals surface area contributed by atoms with Crippen molar-refractivity contribution in [1.29, 1.82) is 0 Å². The normalized spacial score (nSPS) is 17.8. The Morgan fingerprint density at radius 3 is 2.53 bits per heavy atom. The van der Waals surface area contributed by atoms with E-state index in [-0.39, 0.29) is 61.8 Å². The summed E-state index contributed by atoms with van der Waals surface area (Å²) < 4.78 is 117. The van der Waals surface area contributed by atoms with Crippen LogP contribution < -0.4 is 15.6 Å². The number of hydrogen-bond acceptors (Lipinski definition) is 8. The monoisotopic (exact) mass is 805 g/mol. The van der Waals surface area contributed by atoms with Gasteiger partial charge in [-0.05, 0) is 54.3 Å². The highest BCUT2D eigenvalue weighted by Gasteiger charge is 2.67. The lowest BCUT2D eigenvalue weighted by atomic mass is 10.0. The molecule has 0 bridgehead atoms. The molecule has 2 aromatic carbocycles. The van der Waals surface area contributed by atoms with Gasteiger partial charge in [0.25, 0.3) is 17.9 Å². The van der Waals surface area contributed by atoms with Gasteiger partial charge in [-0.25, -0.2) is 35.9 Å². The van der Waals surface area contributed by atoms with E-state index in [1.165, 1.54) is 42.2 Å². The third kappa shape index (κ3) is 6.25. The number of alkyl halides is 4. The molecule has 286 valence electrons. The lowest BCUT2D eigenvalue weighted by Crippen LogP contribution is -2.38.